The molecular formula is C10H13F2N. The van der Waals surface area contributed by atoms with Crippen LogP contribution in [0.25, 0.3) is 0 Å². The fourth-order valence-electron chi connectivity index (χ4n) is 1.52. The van der Waals surface area contributed by atoms with E-state index in [4.69, 9.17) is 0 Å². The third kappa shape index (κ3) is 2.25. The van der Waals surface area contributed by atoms with Crippen LogP contribution in [0.3, 0.4) is 0 Å². The SMILES string of the molecule is CN.FC1(F)Cc2ccccc2C1. The summed E-state index contributed by atoms with van der Waals surface area (Å²) in [7, 11) is 1.50. The van der Waals surface area contributed by atoms with Gasteiger partial charge in [0.2, 0.25) is 0 Å². The molecule has 2 rings (SSSR count). The zero-order chi connectivity index (χ0) is 9.90. The lowest BCUT2D eigenvalue weighted by molar-refractivity contribution is 0.0130. The summed E-state index contributed by atoms with van der Waals surface area (Å²) in [6.45, 7) is 0. The molecule has 1 aromatic carbocycles. The van der Waals surface area contributed by atoms with Gasteiger partial charge in [0.15, 0.2) is 0 Å². The van der Waals surface area contributed by atoms with Crippen LogP contribution in [0.15, 0.2) is 24.3 Å². The molecule has 1 aromatic rings. The van der Waals surface area contributed by atoms with Crippen molar-refractivity contribution in [2.24, 2.45) is 5.73 Å². The number of hydrogen-bond donors (Lipinski definition) is 1. The Morgan fingerprint density at radius 3 is 1.85 bits per heavy atom. The molecule has 0 heterocycles. The van der Waals surface area contributed by atoms with Gasteiger partial charge in [0, 0.05) is 12.8 Å². The highest BCUT2D eigenvalue weighted by atomic mass is 19.3. The van der Waals surface area contributed by atoms with Crippen LogP contribution in [-0.2, 0) is 12.8 Å². The summed E-state index contributed by atoms with van der Waals surface area (Å²) < 4.78 is 25.5. The number of hydrogen-bond acceptors (Lipinski definition) is 1. The van der Waals surface area contributed by atoms with Crippen molar-refractivity contribution in [2.45, 2.75) is 18.8 Å². The van der Waals surface area contributed by atoms with E-state index in [-0.39, 0.29) is 12.8 Å². The summed E-state index contributed by atoms with van der Waals surface area (Å²) in [6.07, 6.45) is -0.160. The number of alkyl halides is 2. The largest absolute Gasteiger partial charge is 0.333 e. The first-order chi connectivity index (χ1) is 6.17. The van der Waals surface area contributed by atoms with E-state index in [9.17, 15) is 8.78 Å². The van der Waals surface area contributed by atoms with Crippen molar-refractivity contribution < 1.29 is 8.78 Å². The van der Waals surface area contributed by atoms with Crippen molar-refractivity contribution in [3.8, 4) is 0 Å². The van der Waals surface area contributed by atoms with Crippen molar-refractivity contribution in [3.63, 3.8) is 0 Å². The van der Waals surface area contributed by atoms with Crippen LogP contribution in [-0.4, -0.2) is 13.0 Å². The van der Waals surface area contributed by atoms with E-state index in [1.165, 1.54) is 7.05 Å². The van der Waals surface area contributed by atoms with Crippen molar-refractivity contribution in [1.82, 2.24) is 0 Å². The fourth-order valence-corrected chi connectivity index (χ4v) is 1.52. The quantitative estimate of drug-likeness (QED) is 0.657. The zero-order valence-corrected chi connectivity index (χ0v) is 7.56. The van der Waals surface area contributed by atoms with Gasteiger partial charge in [-0.25, -0.2) is 8.78 Å². The maximum Gasteiger partial charge on any atom is 0.256 e. The minimum Gasteiger partial charge on any atom is -0.333 e. The maximum absolute atomic E-state index is 12.7. The van der Waals surface area contributed by atoms with Crippen LogP contribution >= 0.6 is 0 Å². The highest BCUT2D eigenvalue weighted by Gasteiger charge is 2.36. The average Bonchev–Trinajstić information content (AvgIpc) is 2.41. The topological polar surface area (TPSA) is 26.0 Å². The molecule has 0 amide bonds. The minimum atomic E-state index is -2.50. The molecule has 3 heteroatoms. The predicted octanol–water partition coefficient (Wildman–Crippen LogP) is 2.00. The van der Waals surface area contributed by atoms with Gasteiger partial charge >= 0.3 is 0 Å². The second-order valence-corrected chi connectivity index (χ2v) is 2.98. The molecule has 0 spiro atoms. The second kappa shape index (κ2) is 3.83. The molecule has 13 heavy (non-hydrogen) atoms. The van der Waals surface area contributed by atoms with Gasteiger partial charge in [-0.15, -0.1) is 0 Å². The predicted molar refractivity (Wildman–Crippen MR) is 48.9 cm³/mol. The molecule has 0 unspecified atom stereocenters. The first kappa shape index (κ1) is 10.1. The molecule has 0 aliphatic heterocycles. The molecule has 0 radical (unpaired) electrons. The molecule has 0 saturated carbocycles. The number of fused-ring (bicyclic) bond motifs is 1. The molecule has 0 aromatic heterocycles. The van der Waals surface area contributed by atoms with E-state index >= 15 is 0 Å². The lowest BCUT2D eigenvalue weighted by Crippen LogP contribution is -2.14. The van der Waals surface area contributed by atoms with Gasteiger partial charge in [-0.1, -0.05) is 24.3 Å². The van der Waals surface area contributed by atoms with Gasteiger partial charge < -0.3 is 5.73 Å². The number of halogens is 2. The Bertz CT molecular complexity index is 257. The van der Waals surface area contributed by atoms with E-state index in [2.05, 4.69) is 5.73 Å². The summed E-state index contributed by atoms with van der Waals surface area (Å²) in [5, 5.41) is 0. The number of rotatable bonds is 0. The summed E-state index contributed by atoms with van der Waals surface area (Å²) in [5.41, 5.74) is 6.11. The summed E-state index contributed by atoms with van der Waals surface area (Å²) in [5.74, 6) is -2.50. The fraction of sp³-hybridized carbons (Fsp3) is 0.400. The zero-order valence-electron chi connectivity index (χ0n) is 7.56. The number of benzene rings is 1. The molecule has 1 aliphatic rings. The lowest BCUT2D eigenvalue weighted by Gasteiger charge is -2.04. The Balaban J connectivity index is 0.000000396. The van der Waals surface area contributed by atoms with Crippen LogP contribution in [0.4, 0.5) is 8.78 Å². The van der Waals surface area contributed by atoms with Gasteiger partial charge in [-0.2, -0.15) is 0 Å². The maximum atomic E-state index is 12.7. The lowest BCUT2D eigenvalue weighted by atomic mass is 10.1. The Morgan fingerprint density at radius 1 is 1.08 bits per heavy atom. The molecule has 0 saturated heterocycles. The Hall–Kier alpha value is -0.960. The summed E-state index contributed by atoms with van der Waals surface area (Å²) >= 11 is 0. The van der Waals surface area contributed by atoms with Crippen LogP contribution in [0.5, 0.6) is 0 Å². The molecule has 0 bridgehead atoms. The Labute approximate surface area is 76.6 Å². The van der Waals surface area contributed by atoms with Gasteiger partial charge in [0.1, 0.15) is 0 Å². The summed E-state index contributed by atoms with van der Waals surface area (Å²) in [6, 6.07) is 7.16. The Kier molecular flexibility index (Phi) is 2.98. The van der Waals surface area contributed by atoms with E-state index in [0.29, 0.717) is 0 Å². The van der Waals surface area contributed by atoms with Crippen LogP contribution in [0, 0.1) is 0 Å². The van der Waals surface area contributed by atoms with Crippen LogP contribution in [0.1, 0.15) is 11.1 Å². The second-order valence-electron chi connectivity index (χ2n) is 2.98. The third-order valence-electron chi connectivity index (χ3n) is 2.02. The Morgan fingerprint density at radius 2 is 1.46 bits per heavy atom. The van der Waals surface area contributed by atoms with Crippen molar-refractivity contribution in [2.75, 3.05) is 7.05 Å². The monoisotopic (exact) mass is 185 g/mol. The normalized spacial score (nSPS) is 17.2. The molecule has 1 nitrogen and oxygen atoms in total. The molecule has 2 N–H and O–H groups in total. The van der Waals surface area contributed by atoms with E-state index in [0.717, 1.165) is 11.1 Å². The average molecular weight is 185 g/mol. The van der Waals surface area contributed by atoms with E-state index in [1.807, 2.05) is 0 Å². The van der Waals surface area contributed by atoms with Gasteiger partial charge in [-0.05, 0) is 18.2 Å². The van der Waals surface area contributed by atoms with Gasteiger partial charge in [0.25, 0.3) is 5.92 Å². The van der Waals surface area contributed by atoms with E-state index in [1.54, 1.807) is 24.3 Å². The smallest absolute Gasteiger partial charge is 0.256 e. The van der Waals surface area contributed by atoms with Gasteiger partial charge in [-0.3, -0.25) is 0 Å². The minimum absolute atomic E-state index is 0.0802. The van der Waals surface area contributed by atoms with Crippen molar-refractivity contribution >= 4 is 0 Å². The first-order valence-electron chi connectivity index (χ1n) is 4.20. The van der Waals surface area contributed by atoms with Crippen molar-refractivity contribution in [1.29, 1.82) is 0 Å². The highest BCUT2D eigenvalue weighted by Crippen LogP contribution is 2.33. The van der Waals surface area contributed by atoms with Gasteiger partial charge in [0.05, 0.1) is 0 Å². The van der Waals surface area contributed by atoms with E-state index < -0.39 is 5.92 Å². The van der Waals surface area contributed by atoms with Crippen LogP contribution in [0.2, 0.25) is 0 Å². The van der Waals surface area contributed by atoms with Crippen LogP contribution < -0.4 is 5.73 Å². The molecular weight excluding hydrogens is 172 g/mol. The standard InChI is InChI=1S/C9H8F2.CH5N/c10-9(11)5-7-3-1-2-4-8(7)6-9;1-2/h1-4H,5-6H2;2H2,1H3. The first-order valence-corrected chi connectivity index (χ1v) is 4.20. The molecule has 72 valence electrons. The molecule has 1 aliphatic carbocycles. The number of nitrogens with two attached hydrogens (primary N) is 1. The summed E-state index contributed by atoms with van der Waals surface area (Å²) in [4.78, 5) is 0. The van der Waals surface area contributed by atoms with Crippen molar-refractivity contribution in [3.05, 3.63) is 35.4 Å². The highest BCUT2D eigenvalue weighted by molar-refractivity contribution is 5.33. The molecule has 0 fully saturated rings. The third-order valence-corrected chi connectivity index (χ3v) is 2.02. The molecule has 0 atom stereocenters.